The van der Waals surface area contributed by atoms with Crippen molar-refractivity contribution in [3.05, 3.63) is 58.6 Å². The molecule has 0 radical (unpaired) electrons. The molecule has 0 fully saturated rings. The van der Waals surface area contributed by atoms with Gasteiger partial charge in [0.25, 0.3) is 5.69 Å². The van der Waals surface area contributed by atoms with Gasteiger partial charge in [0.05, 0.1) is 9.82 Å². The average molecular weight is 340 g/mol. The average Bonchev–Trinajstić information content (AvgIpc) is 2.47. The van der Waals surface area contributed by atoms with Crippen molar-refractivity contribution >= 4 is 33.3 Å². The Kier molecular flexibility index (Phi) is 4.98. The molecule has 0 aromatic heterocycles. The number of rotatable bonds is 6. The summed E-state index contributed by atoms with van der Waals surface area (Å²) >= 11 is 1.22. The number of non-ortho nitro benzene ring substituents is 1. The van der Waals surface area contributed by atoms with E-state index in [-0.39, 0.29) is 10.6 Å². The summed E-state index contributed by atoms with van der Waals surface area (Å²) in [7, 11) is -3.70. The summed E-state index contributed by atoms with van der Waals surface area (Å²) < 4.78 is 22.2. The minimum absolute atomic E-state index is 0.0240. The lowest BCUT2D eigenvalue weighted by molar-refractivity contribution is -0.384. The van der Waals surface area contributed by atoms with Gasteiger partial charge in [-0.1, -0.05) is 0 Å². The fourth-order valence-corrected chi connectivity index (χ4v) is 2.58. The Morgan fingerprint density at radius 2 is 1.64 bits per heavy atom. The maximum Gasteiger partial charge on any atom is 0.269 e. The Bertz CT molecular complexity index is 761. The number of benzene rings is 2. The molecule has 0 spiro atoms. The first-order valence-electron chi connectivity index (χ1n) is 5.91. The molecule has 0 bridgehead atoms. The second-order valence-electron chi connectivity index (χ2n) is 4.15. The maximum absolute atomic E-state index is 11.1. The van der Waals surface area contributed by atoms with Crippen LogP contribution in [0, 0.1) is 10.1 Å². The van der Waals surface area contributed by atoms with Crippen LogP contribution in [0.3, 0.4) is 0 Å². The molecule has 0 saturated heterocycles. The van der Waals surface area contributed by atoms with Crippen molar-refractivity contribution < 1.29 is 13.3 Å². The largest absolute Gasteiger partial charge is 0.312 e. The van der Waals surface area contributed by atoms with E-state index in [1.54, 1.807) is 24.3 Å². The summed E-state index contributed by atoms with van der Waals surface area (Å²) in [5.74, 6) is 0. The zero-order chi connectivity index (χ0) is 16.2. The molecule has 0 heterocycles. The Labute approximate surface area is 131 Å². The number of hydrogen-bond donors (Lipinski definition) is 3. The van der Waals surface area contributed by atoms with Gasteiger partial charge < -0.3 is 5.43 Å². The van der Waals surface area contributed by atoms with E-state index in [2.05, 4.69) is 10.3 Å². The zero-order valence-corrected chi connectivity index (χ0v) is 12.7. The van der Waals surface area contributed by atoms with Gasteiger partial charge in [0, 0.05) is 22.7 Å². The molecule has 10 heteroatoms. The molecule has 0 aliphatic carbocycles. The van der Waals surface area contributed by atoms with E-state index >= 15 is 0 Å². The summed E-state index contributed by atoms with van der Waals surface area (Å²) in [4.78, 5) is 13.7. The van der Waals surface area contributed by atoms with E-state index in [1.165, 1.54) is 36.2 Å². The molecule has 2 aromatic carbocycles. The predicted octanol–water partition coefficient (Wildman–Crippen LogP) is 1.87. The Morgan fingerprint density at radius 1 is 1.05 bits per heavy atom. The highest BCUT2D eigenvalue weighted by molar-refractivity contribution is 7.97. The molecule has 4 N–H and O–H groups in total. The molecule has 0 atom stereocenters. The molecule has 2 aromatic rings. The predicted molar refractivity (Wildman–Crippen MR) is 83.5 cm³/mol. The van der Waals surface area contributed by atoms with Crippen LogP contribution in [0.15, 0.2) is 58.3 Å². The molecule has 0 aliphatic heterocycles. The van der Waals surface area contributed by atoms with Gasteiger partial charge in [0.2, 0.25) is 10.0 Å². The van der Waals surface area contributed by atoms with Crippen LogP contribution in [0.5, 0.6) is 0 Å². The van der Waals surface area contributed by atoms with Gasteiger partial charge in [-0.25, -0.2) is 13.6 Å². The van der Waals surface area contributed by atoms with Crippen molar-refractivity contribution in [1.82, 2.24) is 4.83 Å². The molecular formula is C12H12N4O4S2. The van der Waals surface area contributed by atoms with E-state index in [0.29, 0.717) is 5.69 Å². The summed E-state index contributed by atoms with van der Waals surface area (Å²) in [6.07, 6.45) is 0. The molecule has 0 saturated carbocycles. The number of primary sulfonamides is 1. The van der Waals surface area contributed by atoms with E-state index < -0.39 is 14.9 Å². The van der Waals surface area contributed by atoms with Crippen molar-refractivity contribution in [2.45, 2.75) is 9.79 Å². The van der Waals surface area contributed by atoms with Crippen LogP contribution in [0.1, 0.15) is 0 Å². The smallest absolute Gasteiger partial charge is 0.269 e. The number of sulfonamides is 1. The Hall–Kier alpha value is -2.14. The van der Waals surface area contributed by atoms with E-state index in [1.807, 2.05) is 0 Å². The second-order valence-corrected chi connectivity index (χ2v) is 6.59. The molecule has 8 nitrogen and oxygen atoms in total. The summed E-state index contributed by atoms with van der Waals surface area (Å²) in [5, 5.41) is 15.5. The third-order valence-corrected chi connectivity index (χ3v) is 4.24. The second kappa shape index (κ2) is 6.75. The van der Waals surface area contributed by atoms with E-state index in [0.717, 1.165) is 4.90 Å². The number of anilines is 1. The third kappa shape index (κ3) is 4.43. The molecule has 116 valence electrons. The lowest BCUT2D eigenvalue weighted by atomic mass is 10.3. The standard InChI is InChI=1S/C12H12N4O4S2/c13-22(19,20)12-7-1-9(2-8-12)14-15-21-11-5-3-10(4-6-11)16(17)18/h1-8,14-15H,(H2,13,19,20). The van der Waals surface area contributed by atoms with Crippen molar-refractivity contribution in [2.24, 2.45) is 5.14 Å². The quantitative estimate of drug-likeness (QED) is 0.416. The first kappa shape index (κ1) is 16.2. The first-order chi connectivity index (χ1) is 10.4. The number of nitro groups is 1. The van der Waals surface area contributed by atoms with Gasteiger partial charge in [0.15, 0.2) is 0 Å². The number of nitro benzene ring substituents is 1. The van der Waals surface area contributed by atoms with Crippen molar-refractivity contribution in [2.75, 3.05) is 5.43 Å². The highest BCUT2D eigenvalue weighted by Gasteiger charge is 2.07. The van der Waals surface area contributed by atoms with Gasteiger partial charge in [-0.3, -0.25) is 10.1 Å². The van der Waals surface area contributed by atoms with Gasteiger partial charge in [-0.15, -0.1) is 0 Å². The van der Waals surface area contributed by atoms with Crippen LogP contribution in [0.2, 0.25) is 0 Å². The van der Waals surface area contributed by atoms with Gasteiger partial charge in [-0.05, 0) is 48.3 Å². The highest BCUT2D eigenvalue weighted by Crippen LogP contribution is 2.19. The maximum atomic E-state index is 11.1. The first-order valence-corrected chi connectivity index (χ1v) is 8.28. The van der Waals surface area contributed by atoms with Crippen LogP contribution in [-0.2, 0) is 10.0 Å². The number of hydrazine groups is 1. The SMILES string of the molecule is NS(=O)(=O)c1ccc(NNSc2ccc([N+](=O)[O-])cc2)cc1. The lowest BCUT2D eigenvalue weighted by Gasteiger charge is -2.08. The van der Waals surface area contributed by atoms with Gasteiger partial charge in [-0.2, -0.15) is 4.83 Å². The van der Waals surface area contributed by atoms with Crippen LogP contribution >= 0.6 is 11.9 Å². The van der Waals surface area contributed by atoms with Crippen molar-refractivity contribution in [1.29, 1.82) is 0 Å². The third-order valence-electron chi connectivity index (χ3n) is 2.59. The lowest BCUT2D eigenvalue weighted by Crippen LogP contribution is -2.14. The van der Waals surface area contributed by atoms with E-state index in [9.17, 15) is 18.5 Å². The summed E-state index contributed by atoms with van der Waals surface area (Å²) in [6, 6.07) is 11.9. The normalized spacial score (nSPS) is 11.1. The summed E-state index contributed by atoms with van der Waals surface area (Å²) in [6.45, 7) is 0. The van der Waals surface area contributed by atoms with Crippen LogP contribution in [-0.4, -0.2) is 13.3 Å². The minimum Gasteiger partial charge on any atom is -0.312 e. The number of nitrogens with zero attached hydrogens (tertiary/aromatic N) is 1. The Morgan fingerprint density at radius 3 is 2.14 bits per heavy atom. The number of nitrogens with two attached hydrogens (primary N) is 1. The zero-order valence-electron chi connectivity index (χ0n) is 11.1. The van der Waals surface area contributed by atoms with Crippen LogP contribution < -0.4 is 15.4 Å². The summed E-state index contributed by atoms with van der Waals surface area (Å²) in [5.41, 5.74) is 3.52. The van der Waals surface area contributed by atoms with Crippen LogP contribution in [0.4, 0.5) is 11.4 Å². The van der Waals surface area contributed by atoms with E-state index in [4.69, 9.17) is 5.14 Å². The van der Waals surface area contributed by atoms with Crippen molar-refractivity contribution in [3.8, 4) is 0 Å². The fraction of sp³-hybridized carbons (Fsp3) is 0. The fourth-order valence-electron chi connectivity index (χ4n) is 1.51. The molecule has 0 amide bonds. The van der Waals surface area contributed by atoms with Crippen LogP contribution in [0.25, 0.3) is 0 Å². The molecule has 22 heavy (non-hydrogen) atoms. The highest BCUT2D eigenvalue weighted by atomic mass is 32.2. The number of nitrogens with one attached hydrogen (secondary N) is 2. The van der Waals surface area contributed by atoms with Crippen molar-refractivity contribution in [3.63, 3.8) is 0 Å². The molecule has 0 aliphatic rings. The minimum atomic E-state index is -3.70. The Balaban J connectivity index is 1.89. The molecule has 0 unspecified atom stereocenters. The van der Waals surface area contributed by atoms with Gasteiger partial charge in [0.1, 0.15) is 0 Å². The topological polar surface area (TPSA) is 127 Å². The van der Waals surface area contributed by atoms with Gasteiger partial charge >= 0.3 is 0 Å². The molecular weight excluding hydrogens is 328 g/mol. The monoisotopic (exact) mass is 340 g/mol. The number of hydrogen-bond acceptors (Lipinski definition) is 7. The molecule has 2 rings (SSSR count).